The molecule has 0 bridgehead atoms. The van der Waals surface area contributed by atoms with Crippen molar-refractivity contribution in [2.24, 2.45) is 5.10 Å². The van der Waals surface area contributed by atoms with Gasteiger partial charge in [0.05, 0.1) is 6.21 Å². The highest BCUT2D eigenvalue weighted by molar-refractivity contribution is 7.80. The minimum absolute atomic E-state index is 0.534. The van der Waals surface area contributed by atoms with Crippen LogP contribution in [0.4, 0.5) is 0 Å². The summed E-state index contributed by atoms with van der Waals surface area (Å²) in [5.41, 5.74) is 3.72. The average Bonchev–Trinajstić information content (AvgIpc) is 2.47. The molecule has 1 aromatic carbocycles. The highest BCUT2D eigenvalue weighted by atomic mass is 32.1. The number of hydrazone groups is 1. The van der Waals surface area contributed by atoms with Gasteiger partial charge in [0.25, 0.3) is 0 Å². The fraction of sp³-hybridized carbons (Fsp3) is 0.429. The molecule has 0 radical (unpaired) electrons. The maximum atomic E-state index is 5.51. The largest absolute Gasteiger partial charge is 0.486 e. The molecule has 20 heavy (non-hydrogen) atoms. The van der Waals surface area contributed by atoms with E-state index in [4.69, 9.17) is 21.7 Å². The molecule has 1 heterocycles. The molecule has 0 saturated carbocycles. The van der Waals surface area contributed by atoms with Gasteiger partial charge in [-0.05, 0) is 42.4 Å². The van der Waals surface area contributed by atoms with E-state index >= 15 is 0 Å². The molecule has 0 amide bonds. The summed E-state index contributed by atoms with van der Waals surface area (Å²) in [7, 11) is 0. The fourth-order valence-corrected chi connectivity index (χ4v) is 1.88. The Balaban J connectivity index is 1.83. The molecular formula is C14H19N3O2S. The minimum atomic E-state index is 0.534. The normalized spacial score (nSPS) is 13.2. The first-order valence-electron chi connectivity index (χ1n) is 6.76. The van der Waals surface area contributed by atoms with Crippen molar-refractivity contribution in [1.29, 1.82) is 0 Å². The first kappa shape index (κ1) is 14.6. The Hall–Kier alpha value is -1.82. The van der Waals surface area contributed by atoms with E-state index in [2.05, 4.69) is 22.8 Å². The van der Waals surface area contributed by atoms with E-state index in [9.17, 15) is 0 Å². The van der Waals surface area contributed by atoms with Crippen LogP contribution in [-0.2, 0) is 0 Å². The van der Waals surface area contributed by atoms with Crippen LogP contribution in [0.25, 0.3) is 0 Å². The first-order chi connectivity index (χ1) is 9.79. The molecule has 0 aliphatic carbocycles. The summed E-state index contributed by atoms with van der Waals surface area (Å²) in [6.45, 7) is 4.18. The van der Waals surface area contributed by atoms with Gasteiger partial charge in [0.2, 0.25) is 0 Å². The molecule has 0 aromatic heterocycles. The molecule has 1 aliphatic heterocycles. The second-order valence-corrected chi connectivity index (χ2v) is 4.79. The molecule has 5 nitrogen and oxygen atoms in total. The van der Waals surface area contributed by atoms with E-state index in [-0.39, 0.29) is 0 Å². The van der Waals surface area contributed by atoms with Crippen LogP contribution < -0.4 is 20.2 Å². The van der Waals surface area contributed by atoms with Gasteiger partial charge in [-0.25, -0.2) is 0 Å². The number of rotatable bonds is 5. The third-order valence-electron chi connectivity index (χ3n) is 2.76. The number of fused-ring (bicyclic) bond motifs is 1. The lowest BCUT2D eigenvalue weighted by Gasteiger charge is -2.18. The average molecular weight is 293 g/mol. The summed E-state index contributed by atoms with van der Waals surface area (Å²) in [5, 5.41) is 7.71. The van der Waals surface area contributed by atoms with Crippen molar-refractivity contribution in [3.8, 4) is 11.5 Å². The summed E-state index contributed by atoms with van der Waals surface area (Å²) >= 11 is 5.10. The number of nitrogens with one attached hydrogen (secondary N) is 2. The van der Waals surface area contributed by atoms with Gasteiger partial charge in [-0.1, -0.05) is 13.3 Å². The number of unbranched alkanes of at least 4 members (excludes halogenated alkanes) is 1. The van der Waals surface area contributed by atoms with Crippen molar-refractivity contribution < 1.29 is 9.47 Å². The Bertz CT molecular complexity index is 491. The number of ether oxygens (including phenoxy) is 2. The molecule has 0 saturated heterocycles. The smallest absolute Gasteiger partial charge is 0.186 e. The molecule has 0 unspecified atom stereocenters. The van der Waals surface area contributed by atoms with E-state index < -0.39 is 0 Å². The zero-order valence-corrected chi connectivity index (χ0v) is 12.3. The molecule has 0 spiro atoms. The van der Waals surface area contributed by atoms with Crippen LogP contribution in [0, 0.1) is 0 Å². The van der Waals surface area contributed by atoms with E-state index in [0.29, 0.717) is 18.3 Å². The maximum absolute atomic E-state index is 5.51. The van der Waals surface area contributed by atoms with Gasteiger partial charge < -0.3 is 14.8 Å². The van der Waals surface area contributed by atoms with Crippen LogP contribution in [0.3, 0.4) is 0 Å². The number of hydrogen-bond acceptors (Lipinski definition) is 4. The molecule has 0 fully saturated rings. The van der Waals surface area contributed by atoms with Crippen molar-refractivity contribution in [3.63, 3.8) is 0 Å². The summed E-state index contributed by atoms with van der Waals surface area (Å²) < 4.78 is 11.0. The van der Waals surface area contributed by atoms with Crippen LogP contribution >= 0.6 is 12.2 Å². The monoisotopic (exact) mass is 293 g/mol. The molecule has 6 heteroatoms. The van der Waals surface area contributed by atoms with Crippen LogP contribution in [-0.4, -0.2) is 31.1 Å². The van der Waals surface area contributed by atoms with Gasteiger partial charge in [-0.15, -0.1) is 0 Å². The predicted octanol–water partition coefficient (Wildman–Crippen LogP) is 2.06. The molecular weight excluding hydrogens is 274 g/mol. The second kappa shape index (κ2) is 7.69. The fourth-order valence-electron chi connectivity index (χ4n) is 1.72. The molecule has 2 N–H and O–H groups in total. The van der Waals surface area contributed by atoms with E-state index in [1.165, 1.54) is 0 Å². The van der Waals surface area contributed by atoms with Gasteiger partial charge in [-0.3, -0.25) is 5.43 Å². The summed E-state index contributed by atoms with van der Waals surface area (Å²) in [5.74, 6) is 1.53. The molecule has 1 aromatic rings. The van der Waals surface area contributed by atoms with Gasteiger partial charge in [0.1, 0.15) is 13.2 Å². The zero-order chi connectivity index (χ0) is 14.2. The SMILES string of the molecule is CCCCNC(=S)NN=Cc1ccc2c(c1)OCCO2. The Morgan fingerprint density at radius 1 is 1.35 bits per heavy atom. The number of hydrogen-bond donors (Lipinski definition) is 2. The topological polar surface area (TPSA) is 54.9 Å². The van der Waals surface area contributed by atoms with Crippen molar-refractivity contribution in [1.82, 2.24) is 10.7 Å². The number of nitrogens with zero attached hydrogens (tertiary/aromatic N) is 1. The Kier molecular flexibility index (Phi) is 5.61. The highest BCUT2D eigenvalue weighted by Gasteiger charge is 2.10. The van der Waals surface area contributed by atoms with Crippen LogP contribution in [0.5, 0.6) is 11.5 Å². The van der Waals surface area contributed by atoms with E-state index in [1.54, 1.807) is 6.21 Å². The van der Waals surface area contributed by atoms with Crippen LogP contribution in [0.1, 0.15) is 25.3 Å². The Morgan fingerprint density at radius 2 is 2.15 bits per heavy atom. The van der Waals surface area contributed by atoms with Crippen molar-refractivity contribution in [3.05, 3.63) is 23.8 Å². The van der Waals surface area contributed by atoms with Crippen molar-refractivity contribution in [2.75, 3.05) is 19.8 Å². The summed E-state index contributed by atoms with van der Waals surface area (Å²) in [4.78, 5) is 0. The Morgan fingerprint density at radius 3 is 2.95 bits per heavy atom. The predicted molar refractivity (Wildman–Crippen MR) is 83.7 cm³/mol. The summed E-state index contributed by atoms with van der Waals surface area (Å²) in [6, 6.07) is 5.70. The van der Waals surface area contributed by atoms with Gasteiger partial charge in [0, 0.05) is 6.54 Å². The molecule has 0 atom stereocenters. The Labute approximate surface area is 124 Å². The second-order valence-electron chi connectivity index (χ2n) is 4.38. The number of thiocarbonyl (C=S) groups is 1. The third kappa shape index (κ3) is 4.38. The lowest BCUT2D eigenvalue weighted by molar-refractivity contribution is 0.171. The zero-order valence-electron chi connectivity index (χ0n) is 11.5. The van der Waals surface area contributed by atoms with Gasteiger partial charge in [0.15, 0.2) is 16.6 Å². The molecule has 2 rings (SSSR count). The minimum Gasteiger partial charge on any atom is -0.486 e. The van der Waals surface area contributed by atoms with Crippen molar-refractivity contribution in [2.45, 2.75) is 19.8 Å². The molecule has 108 valence electrons. The van der Waals surface area contributed by atoms with Crippen molar-refractivity contribution >= 4 is 23.5 Å². The van der Waals surface area contributed by atoms with Gasteiger partial charge in [-0.2, -0.15) is 5.10 Å². The molecule has 1 aliphatic rings. The summed E-state index contributed by atoms with van der Waals surface area (Å²) in [6.07, 6.45) is 3.93. The third-order valence-corrected chi connectivity index (χ3v) is 3.00. The highest BCUT2D eigenvalue weighted by Crippen LogP contribution is 2.30. The van der Waals surface area contributed by atoms with Crippen LogP contribution in [0.2, 0.25) is 0 Å². The number of benzene rings is 1. The van der Waals surface area contributed by atoms with E-state index in [1.807, 2.05) is 18.2 Å². The first-order valence-corrected chi connectivity index (χ1v) is 7.17. The quantitative estimate of drug-likeness (QED) is 0.377. The lowest BCUT2D eigenvalue weighted by Crippen LogP contribution is -2.32. The lowest BCUT2D eigenvalue weighted by atomic mass is 10.2. The standard InChI is InChI=1S/C14H19N3O2S/c1-2-3-6-15-14(20)17-16-10-11-4-5-12-13(9-11)19-8-7-18-12/h4-5,9-10H,2-3,6-8H2,1H3,(H2,15,17,20). The van der Waals surface area contributed by atoms with Gasteiger partial charge >= 0.3 is 0 Å². The maximum Gasteiger partial charge on any atom is 0.186 e. The van der Waals surface area contributed by atoms with E-state index in [0.717, 1.165) is 36.4 Å². The van der Waals surface area contributed by atoms with Crippen LogP contribution in [0.15, 0.2) is 23.3 Å².